The molecule has 0 spiro atoms. The van der Waals surface area contributed by atoms with Crippen molar-refractivity contribution >= 4 is 22.5 Å². The monoisotopic (exact) mass is 534 g/mol. The van der Waals surface area contributed by atoms with E-state index >= 15 is 0 Å². The number of aryl methyl sites for hydroxylation is 1. The van der Waals surface area contributed by atoms with Crippen molar-refractivity contribution in [3.05, 3.63) is 87.5 Å². The summed E-state index contributed by atoms with van der Waals surface area (Å²) in [5.74, 6) is 0.557. The number of piperazine rings is 1. The van der Waals surface area contributed by atoms with Crippen molar-refractivity contribution in [1.82, 2.24) is 19.6 Å². The molecule has 3 aromatic heterocycles. The second-order valence-corrected chi connectivity index (χ2v) is 9.25. The summed E-state index contributed by atoms with van der Waals surface area (Å²) in [6.07, 6.45) is 0.248. The number of hydrogen-bond donors (Lipinski definition) is 1. The van der Waals surface area contributed by atoms with Gasteiger partial charge in [0.1, 0.15) is 29.3 Å². The third-order valence-electron chi connectivity index (χ3n) is 6.70. The van der Waals surface area contributed by atoms with Crippen molar-refractivity contribution in [2.45, 2.75) is 26.3 Å². The lowest BCUT2D eigenvalue weighted by atomic mass is 10.0. The highest BCUT2D eigenvalue weighted by molar-refractivity contribution is 5.88. The number of nitrogens with zero attached hydrogens (tertiary/aromatic N) is 7. The minimum absolute atomic E-state index is 0.0815. The van der Waals surface area contributed by atoms with E-state index in [2.05, 4.69) is 31.2 Å². The molecule has 0 radical (unpaired) electrons. The molecule has 1 saturated heterocycles. The first-order valence-electron chi connectivity index (χ1n) is 12.4. The van der Waals surface area contributed by atoms with Crippen LogP contribution in [0.3, 0.4) is 0 Å². The van der Waals surface area contributed by atoms with Crippen molar-refractivity contribution < 1.29 is 13.2 Å². The highest BCUT2D eigenvalue weighted by Crippen LogP contribution is 2.30. The molecule has 1 N–H and O–H groups in total. The number of rotatable bonds is 6. The van der Waals surface area contributed by atoms with Crippen molar-refractivity contribution in [1.29, 1.82) is 5.26 Å². The summed E-state index contributed by atoms with van der Waals surface area (Å²) in [5.41, 5.74) is 0.0637. The normalized spacial score (nSPS) is 14.5. The maximum atomic E-state index is 14.8. The van der Waals surface area contributed by atoms with Gasteiger partial charge in [-0.05, 0) is 26.0 Å². The van der Waals surface area contributed by atoms with Gasteiger partial charge in [0.15, 0.2) is 0 Å². The second-order valence-electron chi connectivity index (χ2n) is 9.25. The average molecular weight is 535 g/mol. The van der Waals surface area contributed by atoms with E-state index in [4.69, 9.17) is 5.26 Å². The zero-order valence-corrected chi connectivity index (χ0v) is 21.3. The summed E-state index contributed by atoms with van der Waals surface area (Å²) in [6, 6.07) is 10.2. The number of alkyl halides is 2. The van der Waals surface area contributed by atoms with E-state index in [0.29, 0.717) is 54.3 Å². The molecule has 1 aliphatic rings. The average Bonchev–Trinajstić information content (AvgIpc) is 2.92. The van der Waals surface area contributed by atoms with Gasteiger partial charge in [0.25, 0.3) is 12.0 Å². The van der Waals surface area contributed by atoms with E-state index in [-0.39, 0.29) is 11.1 Å². The van der Waals surface area contributed by atoms with E-state index in [1.165, 1.54) is 29.1 Å². The van der Waals surface area contributed by atoms with Crippen LogP contribution < -0.4 is 20.8 Å². The molecule has 9 nitrogen and oxygen atoms in total. The van der Waals surface area contributed by atoms with Gasteiger partial charge in [0.05, 0.1) is 41.2 Å². The molecule has 0 bridgehead atoms. The molecule has 12 heteroatoms. The zero-order chi connectivity index (χ0) is 27.7. The van der Waals surface area contributed by atoms with Crippen LogP contribution in [0.2, 0.25) is 0 Å². The van der Waals surface area contributed by atoms with E-state index in [1.54, 1.807) is 32.2 Å². The zero-order valence-electron chi connectivity index (χ0n) is 21.3. The van der Waals surface area contributed by atoms with Gasteiger partial charge in [-0.1, -0.05) is 18.2 Å². The largest absolute Gasteiger partial charge is 0.363 e. The van der Waals surface area contributed by atoms with E-state index in [9.17, 15) is 18.0 Å². The minimum atomic E-state index is -2.93. The first-order chi connectivity index (χ1) is 18.7. The summed E-state index contributed by atoms with van der Waals surface area (Å²) in [5, 5.41) is 14.6. The molecule has 200 valence electrons. The molecule has 39 heavy (non-hydrogen) atoms. The van der Waals surface area contributed by atoms with Gasteiger partial charge >= 0.3 is 0 Å². The predicted octanol–water partition coefficient (Wildman–Crippen LogP) is 4.07. The van der Waals surface area contributed by atoms with Crippen LogP contribution in [0.15, 0.2) is 53.6 Å². The Labute approximate surface area is 222 Å². The molecule has 0 amide bonds. The molecule has 5 rings (SSSR count). The molecule has 1 unspecified atom stereocenters. The van der Waals surface area contributed by atoms with Crippen LogP contribution in [0, 0.1) is 24.1 Å². The molecular formula is C27H25F3N8O. The summed E-state index contributed by atoms with van der Waals surface area (Å²) < 4.78 is 42.8. The topological polar surface area (TPSA) is 103 Å². The van der Waals surface area contributed by atoms with Crippen molar-refractivity contribution in [2.24, 2.45) is 0 Å². The first-order valence-corrected chi connectivity index (χ1v) is 12.4. The smallest absolute Gasteiger partial charge is 0.271 e. The number of nitrogens with one attached hydrogen (secondary N) is 1. The van der Waals surface area contributed by atoms with Crippen LogP contribution in [-0.4, -0.2) is 45.8 Å². The Kier molecular flexibility index (Phi) is 7.06. The molecule has 0 saturated carbocycles. The minimum Gasteiger partial charge on any atom is -0.363 e. The quantitative estimate of drug-likeness (QED) is 0.395. The van der Waals surface area contributed by atoms with Gasteiger partial charge in [-0.3, -0.25) is 4.79 Å². The van der Waals surface area contributed by atoms with Crippen LogP contribution in [0.4, 0.5) is 24.8 Å². The molecule has 1 aromatic carbocycles. The standard InChI is InChI=1S/C27H25F3N8O/c1-16(19-4-3-5-20(25(19)28)26(29)30)33-27-21-15-38(24(39)12-22(21)34-17(2)35-27)37-10-8-36(9-11-37)23-7-6-18(13-31)14-32-23/h3-7,12,14-16,26H,8-11H2,1-2H3,(H,33,34,35). The molecule has 4 aromatic rings. The van der Waals surface area contributed by atoms with Crippen molar-refractivity contribution in [2.75, 3.05) is 41.4 Å². The highest BCUT2D eigenvalue weighted by Gasteiger charge is 2.22. The van der Waals surface area contributed by atoms with E-state index in [1.807, 2.05) is 5.01 Å². The third kappa shape index (κ3) is 5.20. The fourth-order valence-electron chi connectivity index (χ4n) is 4.67. The van der Waals surface area contributed by atoms with Crippen LogP contribution in [0.1, 0.15) is 41.9 Å². The number of aromatic nitrogens is 4. The summed E-state index contributed by atoms with van der Waals surface area (Å²) in [4.78, 5) is 28.3. The van der Waals surface area contributed by atoms with Crippen LogP contribution in [0.5, 0.6) is 0 Å². The molecule has 0 aliphatic carbocycles. The van der Waals surface area contributed by atoms with Gasteiger partial charge in [0.2, 0.25) is 0 Å². The van der Waals surface area contributed by atoms with Gasteiger partial charge in [-0.15, -0.1) is 0 Å². The molecule has 1 atom stereocenters. The third-order valence-corrected chi connectivity index (χ3v) is 6.70. The summed E-state index contributed by atoms with van der Waals surface area (Å²) in [7, 11) is 0. The highest BCUT2D eigenvalue weighted by atomic mass is 19.3. The lowest BCUT2D eigenvalue weighted by Gasteiger charge is -2.37. The Morgan fingerprint density at radius 1 is 1.08 bits per heavy atom. The molecule has 1 fully saturated rings. The predicted molar refractivity (Wildman–Crippen MR) is 141 cm³/mol. The summed E-state index contributed by atoms with van der Waals surface area (Å²) in [6.45, 7) is 5.61. The number of pyridine rings is 2. The Bertz CT molecular complexity index is 1610. The summed E-state index contributed by atoms with van der Waals surface area (Å²) >= 11 is 0. The number of hydrogen-bond acceptors (Lipinski definition) is 8. The number of benzene rings is 1. The molecule has 1 aliphatic heterocycles. The van der Waals surface area contributed by atoms with E-state index < -0.39 is 23.8 Å². The lowest BCUT2D eigenvalue weighted by molar-refractivity contribution is 0.146. The fraction of sp³-hybridized carbons (Fsp3) is 0.296. The van der Waals surface area contributed by atoms with Crippen molar-refractivity contribution in [3.63, 3.8) is 0 Å². The number of nitriles is 1. The number of anilines is 2. The fourth-order valence-corrected chi connectivity index (χ4v) is 4.67. The van der Waals surface area contributed by atoms with Gasteiger partial charge < -0.3 is 15.2 Å². The number of fused-ring (bicyclic) bond motifs is 1. The van der Waals surface area contributed by atoms with Gasteiger partial charge in [-0.2, -0.15) is 5.26 Å². The van der Waals surface area contributed by atoms with Crippen LogP contribution in [0.25, 0.3) is 10.9 Å². The second kappa shape index (κ2) is 10.6. The molecule has 4 heterocycles. The van der Waals surface area contributed by atoms with Crippen LogP contribution in [-0.2, 0) is 0 Å². The Hall–Kier alpha value is -4.66. The van der Waals surface area contributed by atoms with Crippen molar-refractivity contribution in [3.8, 4) is 6.07 Å². The first kappa shape index (κ1) is 26.0. The molecular weight excluding hydrogens is 509 g/mol. The van der Waals surface area contributed by atoms with E-state index in [0.717, 1.165) is 11.9 Å². The Balaban J connectivity index is 1.42. The Morgan fingerprint density at radius 2 is 1.82 bits per heavy atom. The Morgan fingerprint density at radius 3 is 2.49 bits per heavy atom. The number of halogens is 3. The lowest BCUT2D eigenvalue weighted by Crippen LogP contribution is -2.54. The maximum absolute atomic E-state index is 14.8. The van der Waals surface area contributed by atoms with Gasteiger partial charge in [-0.25, -0.2) is 32.8 Å². The van der Waals surface area contributed by atoms with Gasteiger partial charge in [0, 0.05) is 37.1 Å². The SMILES string of the molecule is Cc1nc(NC(C)c2cccc(C(F)F)c2F)c2cn(N3CCN(c4ccc(C#N)cn4)CC3)c(=O)cc2n1. The maximum Gasteiger partial charge on any atom is 0.271 e. The van der Waals surface area contributed by atoms with Crippen LogP contribution >= 0.6 is 0 Å².